The summed E-state index contributed by atoms with van der Waals surface area (Å²) in [5.74, 6) is 7.37. The Balaban J connectivity index is 0.000000425. The Morgan fingerprint density at radius 3 is 2.53 bits per heavy atom. The van der Waals surface area contributed by atoms with Crippen LogP contribution in [0.1, 0.15) is 64.4 Å². The van der Waals surface area contributed by atoms with E-state index >= 15 is 0 Å². The topological polar surface area (TPSA) is 87.9 Å². The zero-order chi connectivity index (χ0) is 26.4. The summed E-state index contributed by atoms with van der Waals surface area (Å²) in [6.07, 6.45) is 13.9. The number of nitrogens with one attached hydrogen (secondary N) is 1. The number of amides is 1. The number of nitrogens with two attached hydrogens (primary N) is 1. The van der Waals surface area contributed by atoms with Gasteiger partial charge >= 0.3 is 0 Å². The van der Waals surface area contributed by atoms with Crippen molar-refractivity contribution >= 4 is 24.0 Å². The van der Waals surface area contributed by atoms with E-state index in [0.717, 1.165) is 23.6 Å². The van der Waals surface area contributed by atoms with Gasteiger partial charge in [-0.3, -0.25) is 4.79 Å². The van der Waals surface area contributed by atoms with Gasteiger partial charge in [-0.1, -0.05) is 56.0 Å². The Labute approximate surface area is 221 Å². The maximum absolute atomic E-state index is 13.1. The van der Waals surface area contributed by atoms with Gasteiger partial charge in [0, 0.05) is 17.4 Å². The third-order valence-electron chi connectivity index (χ3n) is 6.72. The maximum atomic E-state index is 13.1. The van der Waals surface area contributed by atoms with Crippen LogP contribution in [0, 0.1) is 0 Å². The second-order valence-corrected chi connectivity index (χ2v) is 10.5. The molecule has 0 radical (unpaired) electrons. The molecule has 2 fully saturated rings. The lowest BCUT2D eigenvalue weighted by Crippen LogP contribution is -2.64. The summed E-state index contributed by atoms with van der Waals surface area (Å²) in [6.45, 7) is 4.21. The number of hydrogen-bond donors (Lipinski definition) is 2. The number of carbonyl (C=O) groups is 2. The highest BCUT2D eigenvalue weighted by Crippen LogP contribution is 2.29. The number of carbonyl (C=O) groups excluding carboxylic acids is 2. The molecule has 36 heavy (non-hydrogen) atoms. The molecule has 1 unspecified atom stereocenters. The molecule has 1 aromatic carbocycles. The van der Waals surface area contributed by atoms with E-state index < -0.39 is 5.54 Å². The Morgan fingerprint density at radius 1 is 1.22 bits per heavy atom. The first kappa shape index (κ1) is 29.9. The average molecular weight is 517 g/mol. The fourth-order valence-electron chi connectivity index (χ4n) is 4.57. The second-order valence-electron chi connectivity index (χ2n) is 9.50. The van der Waals surface area contributed by atoms with Crippen molar-refractivity contribution in [1.29, 1.82) is 0 Å². The molecule has 3 rings (SSSR count). The van der Waals surface area contributed by atoms with E-state index in [1.54, 1.807) is 30.7 Å². The third-order valence-corrected chi connectivity index (χ3v) is 7.66. The number of ether oxygens (including phenoxy) is 1. The average Bonchev–Trinajstić information content (AvgIpc) is 3.18. The molecule has 200 valence electrons. The summed E-state index contributed by atoms with van der Waals surface area (Å²) in [5, 5.41) is 6.74. The predicted octanol–water partition coefficient (Wildman–Crippen LogP) is 4.64. The largest absolute Gasteiger partial charge is 0.496 e. The number of thioether (sulfide) groups is 1. The number of allylic oxidation sites excluding steroid dienone is 2. The summed E-state index contributed by atoms with van der Waals surface area (Å²) in [4.78, 5) is 26.6. The summed E-state index contributed by atoms with van der Waals surface area (Å²) in [6, 6.07) is 8.31. The number of methoxy groups -OCH3 is 1. The molecule has 1 heterocycles. The van der Waals surface area contributed by atoms with Crippen LogP contribution in [0.2, 0.25) is 0 Å². The first-order valence-corrected chi connectivity index (χ1v) is 14.0. The van der Waals surface area contributed by atoms with E-state index in [9.17, 15) is 9.59 Å². The van der Waals surface area contributed by atoms with Crippen molar-refractivity contribution in [2.24, 2.45) is 5.84 Å². The molecule has 7 nitrogen and oxygen atoms in total. The van der Waals surface area contributed by atoms with Crippen LogP contribution in [-0.2, 0) is 16.1 Å². The lowest BCUT2D eigenvalue weighted by atomic mass is 9.96. The summed E-state index contributed by atoms with van der Waals surface area (Å²) in [5.41, 5.74) is 0.254. The van der Waals surface area contributed by atoms with E-state index in [0.29, 0.717) is 17.9 Å². The molecule has 1 saturated heterocycles. The van der Waals surface area contributed by atoms with E-state index in [2.05, 4.69) is 12.4 Å². The fourth-order valence-corrected chi connectivity index (χ4v) is 5.15. The van der Waals surface area contributed by atoms with E-state index in [1.165, 1.54) is 43.5 Å². The molecule has 0 spiro atoms. The molecule has 8 heteroatoms. The van der Waals surface area contributed by atoms with Crippen LogP contribution in [0.25, 0.3) is 0 Å². The van der Waals surface area contributed by atoms with Crippen LogP contribution in [0.15, 0.2) is 47.5 Å². The van der Waals surface area contributed by atoms with E-state index in [1.807, 2.05) is 48.7 Å². The number of para-hydroxylation sites is 1. The lowest BCUT2D eigenvalue weighted by Gasteiger charge is -2.45. The molecule has 3 N–H and O–H groups in total. The minimum atomic E-state index is -1.01. The molecular formula is C28H44N4O3S. The number of hydrazine groups is 1. The van der Waals surface area contributed by atoms with Gasteiger partial charge in [-0.05, 0) is 51.6 Å². The van der Waals surface area contributed by atoms with E-state index in [-0.39, 0.29) is 19.0 Å². The van der Waals surface area contributed by atoms with Gasteiger partial charge in [-0.15, -0.1) is 11.8 Å². The number of hydrogen-bond acceptors (Lipinski definition) is 7. The second kappa shape index (κ2) is 15.7. The van der Waals surface area contributed by atoms with Crippen LogP contribution < -0.4 is 15.9 Å². The lowest BCUT2D eigenvalue weighted by molar-refractivity contribution is -0.146. The van der Waals surface area contributed by atoms with Gasteiger partial charge in [-0.25, -0.2) is 5.84 Å². The standard InChI is InChI=1S/C20H27N3O3S.C8H17N/c1-4-11-27-12-7-9-17-19(25)22(20(2,15-24)14-23(17)21)13-16-8-5-6-10-18(16)26-3;1-9-8-6-4-2-3-5-7-8/h4-6,8-11,15H,7,12-14,21H2,1-3H3;8-9H,2-7H2,1H3/b11-4-,17-9-;. The molecule has 1 atom stereocenters. The van der Waals surface area contributed by atoms with Gasteiger partial charge in [0.25, 0.3) is 5.91 Å². The number of benzene rings is 1. The van der Waals surface area contributed by atoms with Crippen molar-refractivity contribution in [3.8, 4) is 5.75 Å². The zero-order valence-electron chi connectivity index (χ0n) is 22.4. The highest BCUT2D eigenvalue weighted by Gasteiger charge is 2.44. The first-order chi connectivity index (χ1) is 17.4. The third kappa shape index (κ3) is 8.68. The molecule has 1 saturated carbocycles. The van der Waals surface area contributed by atoms with Gasteiger partial charge in [0.1, 0.15) is 23.3 Å². The Kier molecular flexibility index (Phi) is 13.1. The molecule has 1 aliphatic carbocycles. The Morgan fingerprint density at radius 2 is 1.92 bits per heavy atom. The molecule has 2 aliphatic rings. The summed E-state index contributed by atoms with van der Waals surface area (Å²) < 4.78 is 5.39. The van der Waals surface area contributed by atoms with Crippen molar-refractivity contribution in [1.82, 2.24) is 15.2 Å². The van der Waals surface area contributed by atoms with Crippen molar-refractivity contribution in [2.45, 2.75) is 76.9 Å². The molecular weight excluding hydrogens is 472 g/mol. The minimum absolute atomic E-state index is 0.241. The molecule has 1 amide bonds. The number of rotatable bonds is 9. The Bertz CT molecular complexity index is 883. The molecule has 1 aromatic rings. The van der Waals surface area contributed by atoms with Crippen molar-refractivity contribution < 1.29 is 14.3 Å². The van der Waals surface area contributed by atoms with Gasteiger partial charge in [-0.2, -0.15) is 0 Å². The van der Waals surface area contributed by atoms with Crippen molar-refractivity contribution in [3.63, 3.8) is 0 Å². The zero-order valence-corrected chi connectivity index (χ0v) is 23.2. The first-order valence-electron chi connectivity index (χ1n) is 12.9. The van der Waals surface area contributed by atoms with E-state index in [4.69, 9.17) is 10.6 Å². The normalized spacial score (nSPS) is 22.4. The van der Waals surface area contributed by atoms with Crippen molar-refractivity contribution in [2.75, 3.05) is 26.5 Å². The van der Waals surface area contributed by atoms with Gasteiger partial charge < -0.3 is 24.8 Å². The van der Waals surface area contributed by atoms with Crippen LogP contribution in [-0.4, -0.2) is 60.1 Å². The molecule has 0 bridgehead atoms. The highest BCUT2D eigenvalue weighted by atomic mass is 32.2. The van der Waals surface area contributed by atoms with Crippen LogP contribution in [0.4, 0.5) is 0 Å². The fraction of sp³-hybridized carbons (Fsp3) is 0.571. The van der Waals surface area contributed by atoms with Gasteiger partial charge in [0.15, 0.2) is 0 Å². The predicted molar refractivity (Wildman–Crippen MR) is 149 cm³/mol. The maximum Gasteiger partial charge on any atom is 0.272 e. The number of aldehydes is 1. The minimum Gasteiger partial charge on any atom is -0.496 e. The molecule has 0 aromatic heterocycles. The Hall–Kier alpha value is -2.29. The number of nitrogens with zero attached hydrogens (tertiary/aromatic N) is 2. The molecule has 1 aliphatic heterocycles. The van der Waals surface area contributed by atoms with Crippen LogP contribution >= 0.6 is 11.8 Å². The SMILES string of the molecule is C/C=C\SCC/C=C1/C(=O)N(Cc2ccccc2OC)C(C)(C=O)CN1N.CNC1CCCCCC1. The monoisotopic (exact) mass is 516 g/mol. The summed E-state index contributed by atoms with van der Waals surface area (Å²) >= 11 is 1.67. The van der Waals surface area contributed by atoms with Gasteiger partial charge in [0.05, 0.1) is 20.2 Å². The highest BCUT2D eigenvalue weighted by molar-refractivity contribution is 8.02. The number of piperazine rings is 1. The van der Waals surface area contributed by atoms with Gasteiger partial charge in [0.2, 0.25) is 0 Å². The smallest absolute Gasteiger partial charge is 0.272 e. The van der Waals surface area contributed by atoms with Crippen LogP contribution in [0.5, 0.6) is 5.75 Å². The van der Waals surface area contributed by atoms with Crippen molar-refractivity contribution in [3.05, 3.63) is 53.1 Å². The summed E-state index contributed by atoms with van der Waals surface area (Å²) in [7, 11) is 3.67. The van der Waals surface area contributed by atoms with Crippen LogP contribution in [0.3, 0.4) is 0 Å². The quantitative estimate of drug-likeness (QED) is 0.163.